The van der Waals surface area contributed by atoms with E-state index in [0.29, 0.717) is 11.1 Å². The first-order chi connectivity index (χ1) is 8.02. The van der Waals surface area contributed by atoms with Crippen LogP contribution in [0.5, 0.6) is 5.75 Å². The molecule has 2 rings (SSSR count). The van der Waals surface area contributed by atoms with Gasteiger partial charge >= 0.3 is 0 Å². The van der Waals surface area contributed by atoms with Gasteiger partial charge in [0.05, 0.1) is 10.7 Å². The van der Waals surface area contributed by atoms with Crippen molar-refractivity contribution in [3.8, 4) is 5.75 Å². The second-order valence-corrected chi connectivity index (χ2v) is 4.31. The van der Waals surface area contributed by atoms with E-state index in [1.54, 1.807) is 24.0 Å². The third-order valence-corrected chi connectivity index (χ3v) is 3.37. The van der Waals surface area contributed by atoms with Crippen LogP contribution in [0.4, 0.5) is 0 Å². The van der Waals surface area contributed by atoms with Crippen LogP contribution >= 0.6 is 23.2 Å². The molecule has 1 radical (unpaired) electrons. The number of halogens is 2. The summed E-state index contributed by atoms with van der Waals surface area (Å²) in [5, 5.41) is 15.6. The molecule has 0 aliphatic rings. The van der Waals surface area contributed by atoms with Crippen LogP contribution in [0.3, 0.4) is 0 Å². The molecule has 1 heterocycles. The van der Waals surface area contributed by atoms with Gasteiger partial charge in [-0.15, -0.1) is 0 Å². The Kier molecular flexibility index (Phi) is 3.13. The minimum Gasteiger partial charge on any atom is -0.288 e. The standard InChI is InChI=1S/C12H9Cl2N2O/c1-7(9-5-6-15-16(9)2)8-3-4-10(17)12(14)11(8)13/h3-6H,1H2,2H3. The van der Waals surface area contributed by atoms with Crippen LogP contribution in [0, 0.1) is 0 Å². The van der Waals surface area contributed by atoms with Gasteiger partial charge in [0.2, 0.25) is 0 Å². The highest BCUT2D eigenvalue weighted by Crippen LogP contribution is 2.38. The molecule has 0 unspecified atom stereocenters. The van der Waals surface area contributed by atoms with Crippen LogP contribution in [0.25, 0.3) is 5.57 Å². The van der Waals surface area contributed by atoms with Gasteiger partial charge in [0.1, 0.15) is 5.02 Å². The molecule has 1 aromatic heterocycles. The number of nitrogens with zero attached hydrogens (tertiary/aromatic N) is 2. The lowest BCUT2D eigenvalue weighted by Gasteiger charge is -2.09. The Hall–Kier alpha value is -1.45. The van der Waals surface area contributed by atoms with Gasteiger partial charge in [-0.1, -0.05) is 29.8 Å². The fourth-order valence-corrected chi connectivity index (χ4v) is 2.01. The van der Waals surface area contributed by atoms with Crippen LogP contribution < -0.4 is 0 Å². The molecule has 0 fully saturated rings. The third kappa shape index (κ3) is 2.04. The van der Waals surface area contributed by atoms with Crippen molar-refractivity contribution < 1.29 is 5.11 Å². The Bertz CT molecular complexity index is 590. The molecule has 1 aromatic carbocycles. The fourth-order valence-electron chi connectivity index (χ4n) is 1.57. The van der Waals surface area contributed by atoms with Gasteiger partial charge in [-0.3, -0.25) is 9.79 Å². The summed E-state index contributed by atoms with van der Waals surface area (Å²) in [7, 11) is 1.80. The molecule has 0 bridgehead atoms. The molecule has 0 aliphatic heterocycles. The van der Waals surface area contributed by atoms with Crippen molar-refractivity contribution in [2.24, 2.45) is 7.05 Å². The number of aryl methyl sites for hydroxylation is 1. The van der Waals surface area contributed by atoms with Crippen molar-refractivity contribution in [1.82, 2.24) is 9.78 Å². The molecule has 17 heavy (non-hydrogen) atoms. The summed E-state index contributed by atoms with van der Waals surface area (Å²) in [6.45, 7) is 3.95. The maximum absolute atomic E-state index is 11.3. The first-order valence-corrected chi connectivity index (χ1v) is 5.60. The minimum absolute atomic E-state index is 0.0208. The quantitative estimate of drug-likeness (QED) is 0.813. The molecular formula is C12H9Cl2N2O. The number of hydrogen-bond acceptors (Lipinski definition) is 1. The number of benzene rings is 1. The summed E-state index contributed by atoms with van der Waals surface area (Å²) in [6.07, 6.45) is 1.66. The van der Waals surface area contributed by atoms with E-state index < -0.39 is 0 Å². The highest BCUT2D eigenvalue weighted by Gasteiger charge is 2.15. The zero-order valence-electron chi connectivity index (χ0n) is 9.08. The second kappa shape index (κ2) is 4.43. The molecule has 5 heteroatoms. The molecule has 87 valence electrons. The van der Waals surface area contributed by atoms with E-state index in [1.807, 2.05) is 6.07 Å². The van der Waals surface area contributed by atoms with Crippen LogP contribution in [0.1, 0.15) is 11.3 Å². The molecule has 0 spiro atoms. The van der Waals surface area contributed by atoms with E-state index in [-0.39, 0.29) is 15.8 Å². The molecule has 0 aliphatic carbocycles. The second-order valence-electron chi connectivity index (χ2n) is 3.56. The summed E-state index contributed by atoms with van der Waals surface area (Å²) in [6, 6.07) is 4.81. The van der Waals surface area contributed by atoms with Crippen molar-refractivity contribution in [2.75, 3.05) is 0 Å². The highest BCUT2D eigenvalue weighted by molar-refractivity contribution is 6.44. The smallest absolute Gasteiger partial charge is 0.198 e. The molecule has 0 amide bonds. The third-order valence-electron chi connectivity index (χ3n) is 2.50. The van der Waals surface area contributed by atoms with Gasteiger partial charge in [-0.25, -0.2) is 0 Å². The SMILES string of the molecule is C=C(c1ccc([O])c(Cl)c1Cl)c1ccnn1C. The molecular weight excluding hydrogens is 259 g/mol. The first kappa shape index (κ1) is 12.0. The predicted octanol–water partition coefficient (Wildman–Crippen LogP) is 3.93. The van der Waals surface area contributed by atoms with Crippen molar-refractivity contribution in [3.63, 3.8) is 0 Å². The fraction of sp³-hybridized carbons (Fsp3) is 0.0833. The van der Waals surface area contributed by atoms with E-state index >= 15 is 0 Å². The number of hydrogen-bond donors (Lipinski definition) is 0. The molecule has 0 saturated heterocycles. The van der Waals surface area contributed by atoms with Crippen molar-refractivity contribution in [3.05, 3.63) is 52.3 Å². The average Bonchev–Trinajstić information content (AvgIpc) is 2.72. The summed E-state index contributed by atoms with van der Waals surface area (Å²) in [4.78, 5) is 0. The molecule has 0 atom stereocenters. The Morgan fingerprint density at radius 2 is 2.00 bits per heavy atom. The van der Waals surface area contributed by atoms with Crippen LogP contribution in [0.2, 0.25) is 10.0 Å². The van der Waals surface area contributed by atoms with Gasteiger partial charge in [0.25, 0.3) is 0 Å². The Labute approximate surface area is 109 Å². The minimum atomic E-state index is -0.293. The first-order valence-electron chi connectivity index (χ1n) is 4.85. The largest absolute Gasteiger partial charge is 0.288 e. The van der Waals surface area contributed by atoms with Crippen LogP contribution in [-0.4, -0.2) is 9.78 Å². The van der Waals surface area contributed by atoms with E-state index in [2.05, 4.69) is 11.7 Å². The number of aromatic nitrogens is 2. The average molecular weight is 268 g/mol. The van der Waals surface area contributed by atoms with Crippen LogP contribution in [-0.2, 0) is 12.2 Å². The zero-order valence-corrected chi connectivity index (χ0v) is 10.6. The Balaban J connectivity index is 2.53. The predicted molar refractivity (Wildman–Crippen MR) is 67.9 cm³/mol. The summed E-state index contributed by atoms with van der Waals surface area (Å²) in [5.74, 6) is -0.293. The van der Waals surface area contributed by atoms with Crippen LogP contribution in [0.15, 0.2) is 31.0 Å². The van der Waals surface area contributed by atoms with Gasteiger partial charge in [0, 0.05) is 24.4 Å². The van der Waals surface area contributed by atoms with Crippen molar-refractivity contribution in [1.29, 1.82) is 0 Å². The van der Waals surface area contributed by atoms with Gasteiger partial charge in [-0.2, -0.15) is 5.10 Å². The van der Waals surface area contributed by atoms with Gasteiger partial charge in [0.15, 0.2) is 5.75 Å². The highest BCUT2D eigenvalue weighted by atomic mass is 35.5. The molecule has 2 aromatic rings. The topological polar surface area (TPSA) is 37.7 Å². The van der Waals surface area contributed by atoms with E-state index in [0.717, 1.165) is 5.69 Å². The summed E-state index contributed by atoms with van der Waals surface area (Å²) in [5.41, 5.74) is 2.14. The van der Waals surface area contributed by atoms with E-state index in [4.69, 9.17) is 23.2 Å². The van der Waals surface area contributed by atoms with Crippen molar-refractivity contribution >= 4 is 28.8 Å². The van der Waals surface area contributed by atoms with Gasteiger partial charge in [-0.05, 0) is 18.2 Å². The monoisotopic (exact) mass is 267 g/mol. The maximum atomic E-state index is 11.3. The summed E-state index contributed by atoms with van der Waals surface area (Å²) < 4.78 is 1.68. The lowest BCUT2D eigenvalue weighted by atomic mass is 10.0. The van der Waals surface area contributed by atoms with E-state index in [1.165, 1.54) is 6.07 Å². The molecule has 3 nitrogen and oxygen atoms in total. The molecule has 0 saturated carbocycles. The van der Waals surface area contributed by atoms with E-state index in [9.17, 15) is 5.11 Å². The normalized spacial score (nSPS) is 10.5. The van der Waals surface area contributed by atoms with Gasteiger partial charge < -0.3 is 0 Å². The van der Waals surface area contributed by atoms with Crippen molar-refractivity contribution in [2.45, 2.75) is 0 Å². The lowest BCUT2D eigenvalue weighted by Crippen LogP contribution is -1.98. The Morgan fingerprint density at radius 1 is 1.29 bits per heavy atom. The Morgan fingerprint density at radius 3 is 2.59 bits per heavy atom. The molecule has 0 N–H and O–H groups in total. The summed E-state index contributed by atoms with van der Waals surface area (Å²) >= 11 is 11.9. The maximum Gasteiger partial charge on any atom is 0.198 e. The zero-order chi connectivity index (χ0) is 12.6. The number of rotatable bonds is 2. The lowest BCUT2D eigenvalue weighted by molar-refractivity contribution is 0.355.